The van der Waals surface area contributed by atoms with Crippen LogP contribution in [0.15, 0.2) is 27.4 Å². The quantitative estimate of drug-likeness (QED) is 0.922. The van der Waals surface area contributed by atoms with Crippen molar-refractivity contribution < 1.29 is 17.6 Å². The summed E-state index contributed by atoms with van der Waals surface area (Å²) in [5.74, 6) is -0.485. The van der Waals surface area contributed by atoms with Gasteiger partial charge >= 0.3 is 11.9 Å². The van der Waals surface area contributed by atoms with Crippen molar-refractivity contribution in [2.75, 3.05) is 7.05 Å². The summed E-state index contributed by atoms with van der Waals surface area (Å²) in [5.41, 5.74) is 1.36. The van der Waals surface area contributed by atoms with Crippen LogP contribution in [0.25, 0.3) is 11.1 Å². The largest absolute Gasteiger partial charge is 0.419 e. The van der Waals surface area contributed by atoms with E-state index in [-0.39, 0.29) is 0 Å². The molecule has 0 bridgehead atoms. The summed E-state index contributed by atoms with van der Waals surface area (Å²) < 4.78 is 44.2. The molecule has 1 N–H and O–H groups in total. The van der Waals surface area contributed by atoms with Gasteiger partial charge in [-0.3, -0.25) is 4.57 Å². The van der Waals surface area contributed by atoms with E-state index < -0.39 is 24.4 Å². The van der Waals surface area contributed by atoms with Crippen molar-refractivity contribution in [3.05, 3.63) is 34.3 Å². The smallest absolute Gasteiger partial charge is 0.408 e. The van der Waals surface area contributed by atoms with Crippen molar-refractivity contribution in [2.24, 2.45) is 0 Å². The second-order valence-electron chi connectivity index (χ2n) is 4.91. The van der Waals surface area contributed by atoms with Crippen LogP contribution < -0.4 is 11.1 Å². The Hall–Kier alpha value is -1.76. The standard InChI is InChI=1S/C14H17F3N2O2/c1-3-6-19-11-5-4-9(7-12(11)21-13(19)20)10(18-2)8-14(15,16)17/h4-5,7,10,18H,3,6,8H2,1-2H3. The van der Waals surface area contributed by atoms with Gasteiger partial charge in [0, 0.05) is 12.6 Å². The van der Waals surface area contributed by atoms with Crippen molar-refractivity contribution in [1.82, 2.24) is 9.88 Å². The number of aromatic nitrogens is 1. The highest BCUT2D eigenvalue weighted by molar-refractivity contribution is 5.74. The van der Waals surface area contributed by atoms with Crippen LogP contribution in [0.5, 0.6) is 0 Å². The Labute approximate surface area is 119 Å². The van der Waals surface area contributed by atoms with Gasteiger partial charge < -0.3 is 9.73 Å². The minimum Gasteiger partial charge on any atom is -0.408 e. The van der Waals surface area contributed by atoms with Gasteiger partial charge in [-0.1, -0.05) is 13.0 Å². The van der Waals surface area contributed by atoms with Crippen LogP contribution in [0.1, 0.15) is 31.4 Å². The molecule has 7 heteroatoms. The third-order valence-electron chi connectivity index (χ3n) is 3.33. The lowest BCUT2D eigenvalue weighted by atomic mass is 10.0. The summed E-state index contributed by atoms with van der Waals surface area (Å²) in [7, 11) is 1.47. The molecule has 0 radical (unpaired) electrons. The molecule has 0 saturated carbocycles. The topological polar surface area (TPSA) is 47.2 Å². The van der Waals surface area contributed by atoms with Crippen molar-refractivity contribution >= 4 is 11.1 Å². The fourth-order valence-corrected chi connectivity index (χ4v) is 2.35. The van der Waals surface area contributed by atoms with Gasteiger partial charge in [0.05, 0.1) is 11.9 Å². The number of benzene rings is 1. The SMILES string of the molecule is CCCn1c(=O)oc2cc(C(CC(F)(F)F)NC)ccc21. The molecule has 1 unspecified atom stereocenters. The molecule has 4 nitrogen and oxygen atoms in total. The van der Waals surface area contributed by atoms with Gasteiger partial charge in [0.15, 0.2) is 5.58 Å². The number of halogens is 3. The van der Waals surface area contributed by atoms with E-state index in [2.05, 4.69) is 5.32 Å². The normalized spacial score (nSPS) is 13.8. The molecule has 2 aromatic rings. The zero-order valence-corrected chi connectivity index (χ0v) is 11.8. The van der Waals surface area contributed by atoms with Crippen molar-refractivity contribution in [1.29, 1.82) is 0 Å². The fourth-order valence-electron chi connectivity index (χ4n) is 2.35. The number of oxazole rings is 1. The third-order valence-corrected chi connectivity index (χ3v) is 3.33. The first-order chi connectivity index (χ1) is 9.85. The fraction of sp³-hybridized carbons (Fsp3) is 0.500. The van der Waals surface area contributed by atoms with Gasteiger partial charge in [0.1, 0.15) is 0 Å². The number of hydrogen-bond acceptors (Lipinski definition) is 3. The van der Waals surface area contributed by atoms with Crippen LogP contribution in [0.2, 0.25) is 0 Å². The average molecular weight is 302 g/mol. The van der Waals surface area contributed by atoms with E-state index in [1.54, 1.807) is 12.1 Å². The van der Waals surface area contributed by atoms with E-state index in [0.29, 0.717) is 23.2 Å². The van der Waals surface area contributed by atoms with Gasteiger partial charge in [-0.15, -0.1) is 0 Å². The van der Waals surface area contributed by atoms with E-state index in [1.807, 2.05) is 6.92 Å². The maximum Gasteiger partial charge on any atom is 0.419 e. The molecule has 21 heavy (non-hydrogen) atoms. The van der Waals surface area contributed by atoms with Gasteiger partial charge in [0.25, 0.3) is 0 Å². The lowest BCUT2D eigenvalue weighted by Crippen LogP contribution is -2.23. The number of rotatable bonds is 5. The average Bonchev–Trinajstić information content (AvgIpc) is 2.71. The first-order valence-corrected chi connectivity index (χ1v) is 6.73. The maximum absolute atomic E-state index is 12.5. The molecule has 0 spiro atoms. The molecular formula is C14H17F3N2O2. The highest BCUT2D eigenvalue weighted by atomic mass is 19.4. The molecule has 1 atom stereocenters. The molecule has 1 aromatic heterocycles. The summed E-state index contributed by atoms with van der Waals surface area (Å²) in [6, 6.07) is 3.85. The lowest BCUT2D eigenvalue weighted by molar-refractivity contribution is -0.140. The Morgan fingerprint density at radius 2 is 2.10 bits per heavy atom. The molecule has 0 aliphatic carbocycles. The van der Waals surface area contributed by atoms with Crippen LogP contribution >= 0.6 is 0 Å². The predicted octanol–water partition coefficient (Wildman–Crippen LogP) is 3.22. The monoisotopic (exact) mass is 302 g/mol. The second-order valence-corrected chi connectivity index (χ2v) is 4.91. The molecule has 1 aromatic carbocycles. The molecule has 116 valence electrons. The van der Waals surface area contributed by atoms with E-state index in [4.69, 9.17) is 4.42 Å². The third kappa shape index (κ3) is 3.47. The van der Waals surface area contributed by atoms with Gasteiger partial charge in [0.2, 0.25) is 0 Å². The predicted molar refractivity (Wildman–Crippen MR) is 73.2 cm³/mol. The van der Waals surface area contributed by atoms with Crippen LogP contribution in [0.3, 0.4) is 0 Å². The molecule has 0 saturated heterocycles. The zero-order chi connectivity index (χ0) is 15.6. The molecule has 0 aliphatic heterocycles. The maximum atomic E-state index is 12.5. The van der Waals surface area contributed by atoms with Crippen LogP contribution in [-0.4, -0.2) is 17.8 Å². The number of nitrogens with zero attached hydrogens (tertiary/aromatic N) is 1. The number of aryl methyl sites for hydroxylation is 1. The molecule has 0 fully saturated rings. The molecule has 0 amide bonds. The molecule has 1 heterocycles. The Balaban J connectivity index is 2.41. The Bertz CT molecular complexity index is 673. The van der Waals surface area contributed by atoms with Crippen LogP contribution in [-0.2, 0) is 6.54 Å². The highest BCUT2D eigenvalue weighted by Crippen LogP contribution is 2.30. The van der Waals surface area contributed by atoms with Crippen molar-refractivity contribution in [2.45, 2.75) is 38.5 Å². The molecule has 0 aliphatic rings. The first kappa shape index (κ1) is 15.6. The minimum absolute atomic E-state index is 0.313. The second kappa shape index (κ2) is 5.93. The van der Waals surface area contributed by atoms with Crippen molar-refractivity contribution in [3.8, 4) is 0 Å². The van der Waals surface area contributed by atoms with Crippen LogP contribution in [0.4, 0.5) is 13.2 Å². The van der Waals surface area contributed by atoms with Gasteiger partial charge in [-0.25, -0.2) is 4.79 Å². The van der Waals surface area contributed by atoms with E-state index >= 15 is 0 Å². The minimum atomic E-state index is -4.27. The Kier molecular flexibility index (Phi) is 4.41. The lowest BCUT2D eigenvalue weighted by Gasteiger charge is -2.18. The van der Waals surface area contributed by atoms with E-state index in [1.165, 1.54) is 17.7 Å². The number of nitrogens with one attached hydrogen (secondary N) is 1. The molecule has 2 rings (SSSR count). The summed E-state index contributed by atoms with van der Waals surface area (Å²) in [5, 5.41) is 2.64. The summed E-state index contributed by atoms with van der Waals surface area (Å²) >= 11 is 0. The van der Waals surface area contributed by atoms with E-state index in [0.717, 1.165) is 6.42 Å². The summed E-state index contributed by atoms with van der Waals surface area (Å²) in [6.45, 7) is 2.45. The zero-order valence-electron chi connectivity index (χ0n) is 11.8. The number of alkyl halides is 3. The number of fused-ring (bicyclic) bond motifs is 1. The summed E-state index contributed by atoms with van der Waals surface area (Å²) in [4.78, 5) is 11.7. The van der Waals surface area contributed by atoms with Gasteiger partial charge in [-0.05, 0) is 31.2 Å². The first-order valence-electron chi connectivity index (χ1n) is 6.73. The number of hydrogen-bond donors (Lipinski definition) is 1. The summed E-state index contributed by atoms with van der Waals surface area (Å²) in [6.07, 6.45) is -4.48. The van der Waals surface area contributed by atoms with E-state index in [9.17, 15) is 18.0 Å². The Morgan fingerprint density at radius 3 is 2.67 bits per heavy atom. The Morgan fingerprint density at radius 1 is 1.38 bits per heavy atom. The van der Waals surface area contributed by atoms with Gasteiger partial charge in [-0.2, -0.15) is 13.2 Å². The molecular weight excluding hydrogens is 285 g/mol. The highest BCUT2D eigenvalue weighted by Gasteiger charge is 2.32. The van der Waals surface area contributed by atoms with Crippen molar-refractivity contribution in [3.63, 3.8) is 0 Å². The van der Waals surface area contributed by atoms with Crippen LogP contribution in [0, 0.1) is 0 Å².